The number of carbonyl (C=O) groups excluding carboxylic acids is 2. The monoisotopic (exact) mass is 359 g/mol. The van der Waals surface area contributed by atoms with Crippen molar-refractivity contribution in [1.82, 2.24) is 5.32 Å². The van der Waals surface area contributed by atoms with Crippen LogP contribution in [-0.2, 0) is 9.53 Å². The zero-order chi connectivity index (χ0) is 17.0. The summed E-state index contributed by atoms with van der Waals surface area (Å²) in [5.74, 6) is -0.745. The molecule has 126 valence electrons. The van der Waals surface area contributed by atoms with Gasteiger partial charge in [0.25, 0.3) is 5.91 Å². The lowest BCUT2D eigenvalue weighted by atomic mass is 9.78. The minimum atomic E-state index is -1.00. The van der Waals surface area contributed by atoms with E-state index in [4.69, 9.17) is 27.9 Å². The van der Waals surface area contributed by atoms with Crippen LogP contribution in [0.2, 0.25) is 10.0 Å². The van der Waals surface area contributed by atoms with Gasteiger partial charge in [-0.2, -0.15) is 0 Å². The van der Waals surface area contributed by atoms with Gasteiger partial charge in [-0.15, -0.1) is 0 Å². The maximum atomic E-state index is 12.1. The first-order valence-corrected chi connectivity index (χ1v) is 8.14. The first-order valence-electron chi connectivity index (χ1n) is 7.38. The van der Waals surface area contributed by atoms with Crippen LogP contribution in [0.25, 0.3) is 0 Å². The Morgan fingerprint density at radius 3 is 2.52 bits per heavy atom. The molecule has 0 heterocycles. The van der Waals surface area contributed by atoms with Crippen molar-refractivity contribution in [3.05, 3.63) is 33.8 Å². The smallest absolute Gasteiger partial charge is 0.308 e. The fourth-order valence-corrected chi connectivity index (χ4v) is 3.02. The molecule has 0 unspecified atom stereocenters. The van der Waals surface area contributed by atoms with E-state index in [1.165, 1.54) is 13.2 Å². The van der Waals surface area contributed by atoms with Gasteiger partial charge in [-0.25, -0.2) is 0 Å². The van der Waals surface area contributed by atoms with Crippen molar-refractivity contribution in [2.24, 2.45) is 5.92 Å². The fraction of sp³-hybridized carbons (Fsp3) is 0.500. The lowest BCUT2D eigenvalue weighted by Crippen LogP contribution is -2.46. The number of hydrogen-bond acceptors (Lipinski definition) is 4. The molecule has 2 rings (SSSR count). The molecule has 23 heavy (non-hydrogen) atoms. The zero-order valence-electron chi connectivity index (χ0n) is 12.8. The highest BCUT2D eigenvalue weighted by Gasteiger charge is 2.36. The van der Waals surface area contributed by atoms with Crippen LogP contribution in [0.15, 0.2) is 18.2 Å². The SMILES string of the molecule is COC(=O)C1CCC(O)(CNC(=O)c2ccc(Cl)c(Cl)c2)CC1. The maximum absolute atomic E-state index is 12.1. The summed E-state index contributed by atoms with van der Waals surface area (Å²) in [6.07, 6.45) is 1.97. The predicted molar refractivity (Wildman–Crippen MR) is 87.7 cm³/mol. The van der Waals surface area contributed by atoms with Gasteiger partial charge in [0.1, 0.15) is 0 Å². The van der Waals surface area contributed by atoms with Crippen LogP contribution in [-0.4, -0.2) is 36.2 Å². The number of carbonyl (C=O) groups is 2. The van der Waals surface area contributed by atoms with Gasteiger partial charge >= 0.3 is 5.97 Å². The van der Waals surface area contributed by atoms with Gasteiger partial charge in [0, 0.05) is 12.1 Å². The number of methoxy groups -OCH3 is 1. The highest BCUT2D eigenvalue weighted by Crippen LogP contribution is 2.32. The van der Waals surface area contributed by atoms with E-state index < -0.39 is 5.60 Å². The lowest BCUT2D eigenvalue weighted by Gasteiger charge is -2.35. The molecule has 0 spiro atoms. The topological polar surface area (TPSA) is 75.6 Å². The number of hydrogen-bond donors (Lipinski definition) is 2. The summed E-state index contributed by atoms with van der Waals surface area (Å²) in [6.45, 7) is 0.125. The second-order valence-electron chi connectivity index (χ2n) is 5.83. The first kappa shape index (κ1) is 18.0. The van der Waals surface area contributed by atoms with E-state index in [1.807, 2.05) is 0 Å². The summed E-state index contributed by atoms with van der Waals surface area (Å²) in [6, 6.07) is 4.61. The van der Waals surface area contributed by atoms with Crippen LogP contribution in [0.5, 0.6) is 0 Å². The summed E-state index contributed by atoms with van der Waals surface area (Å²) in [7, 11) is 1.36. The van der Waals surface area contributed by atoms with Crippen molar-refractivity contribution in [2.75, 3.05) is 13.7 Å². The summed E-state index contributed by atoms with van der Waals surface area (Å²) in [5, 5.41) is 13.9. The Kier molecular flexibility index (Phi) is 5.89. The lowest BCUT2D eigenvalue weighted by molar-refractivity contribution is -0.148. The van der Waals surface area contributed by atoms with Gasteiger partial charge in [0.15, 0.2) is 0 Å². The quantitative estimate of drug-likeness (QED) is 0.810. The number of rotatable bonds is 4. The number of aliphatic hydroxyl groups is 1. The molecular formula is C16H19Cl2NO4. The Morgan fingerprint density at radius 2 is 1.96 bits per heavy atom. The zero-order valence-corrected chi connectivity index (χ0v) is 14.3. The maximum Gasteiger partial charge on any atom is 0.308 e. The van der Waals surface area contributed by atoms with E-state index in [1.54, 1.807) is 12.1 Å². The van der Waals surface area contributed by atoms with E-state index in [2.05, 4.69) is 5.32 Å². The van der Waals surface area contributed by atoms with Crippen LogP contribution in [0.1, 0.15) is 36.0 Å². The Balaban J connectivity index is 1.89. The molecule has 1 aromatic carbocycles. The molecule has 1 aliphatic carbocycles. The molecule has 0 radical (unpaired) electrons. The third-order valence-corrected chi connectivity index (χ3v) is 4.95. The summed E-state index contributed by atoms with van der Waals surface area (Å²) < 4.78 is 4.72. The molecule has 0 aromatic heterocycles. The molecule has 7 heteroatoms. The number of halogens is 2. The summed E-state index contributed by atoms with van der Waals surface area (Å²) >= 11 is 11.7. The van der Waals surface area contributed by atoms with Crippen LogP contribution in [0.4, 0.5) is 0 Å². The highest BCUT2D eigenvalue weighted by atomic mass is 35.5. The van der Waals surface area contributed by atoms with Crippen LogP contribution < -0.4 is 5.32 Å². The van der Waals surface area contributed by atoms with Gasteiger partial charge in [0.2, 0.25) is 0 Å². The van der Waals surface area contributed by atoms with E-state index in [0.29, 0.717) is 41.3 Å². The Morgan fingerprint density at radius 1 is 1.30 bits per heavy atom. The highest BCUT2D eigenvalue weighted by molar-refractivity contribution is 6.42. The third-order valence-electron chi connectivity index (χ3n) is 4.21. The average Bonchev–Trinajstić information content (AvgIpc) is 2.55. The van der Waals surface area contributed by atoms with Crippen LogP contribution in [0.3, 0.4) is 0 Å². The third kappa shape index (κ3) is 4.59. The van der Waals surface area contributed by atoms with Gasteiger partial charge < -0.3 is 15.2 Å². The molecule has 0 saturated heterocycles. The molecule has 2 N–H and O–H groups in total. The van der Waals surface area contributed by atoms with Gasteiger partial charge in [-0.05, 0) is 43.9 Å². The second-order valence-corrected chi connectivity index (χ2v) is 6.65. The van der Waals surface area contributed by atoms with E-state index >= 15 is 0 Å². The Labute approximate surface area is 144 Å². The molecule has 0 aliphatic heterocycles. The number of amides is 1. The molecule has 5 nitrogen and oxygen atoms in total. The standard InChI is InChI=1S/C16H19Cl2NO4/c1-23-15(21)10-4-6-16(22,7-5-10)9-19-14(20)11-2-3-12(17)13(18)8-11/h2-3,8,10,22H,4-7,9H2,1H3,(H,19,20). The normalized spacial score (nSPS) is 24.1. The Hall–Kier alpha value is -1.30. The molecule has 1 aromatic rings. The van der Waals surface area contributed by atoms with E-state index in [9.17, 15) is 14.7 Å². The minimum absolute atomic E-state index is 0.125. The summed E-state index contributed by atoms with van der Waals surface area (Å²) in [4.78, 5) is 23.6. The van der Waals surface area contributed by atoms with E-state index in [0.717, 1.165) is 0 Å². The van der Waals surface area contributed by atoms with Crippen molar-refractivity contribution < 1.29 is 19.4 Å². The molecule has 0 atom stereocenters. The van der Waals surface area contributed by atoms with Gasteiger partial charge in [0.05, 0.1) is 28.7 Å². The molecule has 0 bridgehead atoms. The van der Waals surface area contributed by atoms with Gasteiger partial charge in [-0.1, -0.05) is 23.2 Å². The predicted octanol–water partition coefficient (Wildman–Crippen LogP) is 2.82. The number of benzene rings is 1. The van der Waals surface area contributed by atoms with Crippen molar-refractivity contribution in [1.29, 1.82) is 0 Å². The number of ether oxygens (including phenoxy) is 1. The van der Waals surface area contributed by atoms with Crippen molar-refractivity contribution >= 4 is 35.1 Å². The van der Waals surface area contributed by atoms with Gasteiger partial charge in [-0.3, -0.25) is 9.59 Å². The number of nitrogens with one attached hydrogen (secondary N) is 1. The molecule has 1 aliphatic rings. The van der Waals surface area contributed by atoms with Crippen molar-refractivity contribution in [3.63, 3.8) is 0 Å². The molecule has 1 amide bonds. The van der Waals surface area contributed by atoms with E-state index in [-0.39, 0.29) is 24.3 Å². The molecule has 1 saturated carbocycles. The summed E-state index contributed by atoms with van der Waals surface area (Å²) in [5.41, 5.74) is -0.623. The van der Waals surface area contributed by atoms with Crippen molar-refractivity contribution in [2.45, 2.75) is 31.3 Å². The second kappa shape index (κ2) is 7.51. The Bertz CT molecular complexity index is 598. The molecule has 1 fully saturated rings. The fourth-order valence-electron chi connectivity index (χ4n) is 2.72. The molecular weight excluding hydrogens is 341 g/mol. The number of esters is 1. The first-order chi connectivity index (χ1) is 10.8. The minimum Gasteiger partial charge on any atom is -0.469 e. The van der Waals surface area contributed by atoms with Crippen molar-refractivity contribution in [3.8, 4) is 0 Å². The van der Waals surface area contributed by atoms with Crippen LogP contribution in [0, 0.1) is 5.92 Å². The van der Waals surface area contributed by atoms with Crippen LogP contribution >= 0.6 is 23.2 Å². The largest absolute Gasteiger partial charge is 0.469 e. The average molecular weight is 360 g/mol.